The van der Waals surface area contributed by atoms with Crippen LogP contribution in [0.4, 0.5) is 0 Å². The van der Waals surface area contributed by atoms with Crippen molar-refractivity contribution in [3.63, 3.8) is 0 Å². The van der Waals surface area contributed by atoms with Crippen molar-refractivity contribution in [3.05, 3.63) is 0 Å². The number of rotatable bonds is 2. The summed E-state index contributed by atoms with van der Waals surface area (Å²) in [6.07, 6.45) is 8.26. The molecule has 4 N–H and O–H groups in total. The Labute approximate surface area is 81.1 Å². The van der Waals surface area contributed by atoms with Crippen molar-refractivity contribution in [1.82, 2.24) is 0 Å². The zero-order valence-electron chi connectivity index (χ0n) is 8.47. The standard InChI is InChI=1S/C11H22N2/c12-7-10-4-1-3-9-5-2-6-11(9,10)8-13/h9-10H,1-8,12-13H2. The van der Waals surface area contributed by atoms with Gasteiger partial charge in [0, 0.05) is 0 Å². The van der Waals surface area contributed by atoms with E-state index in [-0.39, 0.29) is 0 Å². The molecule has 0 amide bonds. The molecule has 2 nitrogen and oxygen atoms in total. The maximum Gasteiger partial charge on any atom is -0.00147 e. The molecule has 0 heterocycles. The highest BCUT2D eigenvalue weighted by Gasteiger charge is 2.48. The predicted octanol–water partition coefficient (Wildman–Crippen LogP) is 1.49. The smallest absolute Gasteiger partial charge is 0.00147 e. The van der Waals surface area contributed by atoms with E-state index in [0.29, 0.717) is 5.41 Å². The fourth-order valence-corrected chi connectivity index (χ4v) is 3.82. The zero-order valence-corrected chi connectivity index (χ0v) is 8.47. The minimum Gasteiger partial charge on any atom is -0.330 e. The van der Waals surface area contributed by atoms with E-state index in [0.717, 1.165) is 24.9 Å². The Bertz CT molecular complexity index is 181. The summed E-state index contributed by atoms with van der Waals surface area (Å²) in [5.41, 5.74) is 12.3. The van der Waals surface area contributed by atoms with Gasteiger partial charge in [-0.2, -0.15) is 0 Å². The van der Waals surface area contributed by atoms with Crippen molar-refractivity contribution in [3.8, 4) is 0 Å². The lowest BCUT2D eigenvalue weighted by Gasteiger charge is -2.45. The summed E-state index contributed by atoms with van der Waals surface area (Å²) in [5.74, 6) is 1.62. The summed E-state index contributed by atoms with van der Waals surface area (Å²) in [6.45, 7) is 1.73. The molecule has 3 atom stereocenters. The monoisotopic (exact) mass is 182 g/mol. The van der Waals surface area contributed by atoms with Crippen LogP contribution in [-0.2, 0) is 0 Å². The van der Waals surface area contributed by atoms with Crippen LogP contribution in [0.3, 0.4) is 0 Å². The first-order valence-electron chi connectivity index (χ1n) is 5.73. The molecule has 2 heteroatoms. The molecule has 0 radical (unpaired) electrons. The molecule has 76 valence electrons. The van der Waals surface area contributed by atoms with Gasteiger partial charge in [-0.3, -0.25) is 0 Å². The zero-order chi connectivity index (χ0) is 9.31. The first kappa shape index (κ1) is 9.47. The van der Waals surface area contributed by atoms with Crippen LogP contribution in [0.1, 0.15) is 38.5 Å². The highest BCUT2D eigenvalue weighted by atomic mass is 14.7. The summed E-state index contributed by atoms with van der Waals surface area (Å²) >= 11 is 0. The average Bonchev–Trinajstić information content (AvgIpc) is 2.60. The van der Waals surface area contributed by atoms with Gasteiger partial charge in [-0.25, -0.2) is 0 Å². The van der Waals surface area contributed by atoms with E-state index in [4.69, 9.17) is 11.5 Å². The number of hydrogen-bond donors (Lipinski definition) is 2. The topological polar surface area (TPSA) is 52.0 Å². The number of nitrogens with two attached hydrogens (primary N) is 2. The van der Waals surface area contributed by atoms with Crippen molar-refractivity contribution in [2.45, 2.75) is 38.5 Å². The summed E-state index contributed by atoms with van der Waals surface area (Å²) < 4.78 is 0. The van der Waals surface area contributed by atoms with Gasteiger partial charge in [-0.15, -0.1) is 0 Å². The van der Waals surface area contributed by atoms with Gasteiger partial charge in [0.2, 0.25) is 0 Å². The van der Waals surface area contributed by atoms with Crippen LogP contribution in [0, 0.1) is 17.3 Å². The summed E-state index contributed by atoms with van der Waals surface area (Å²) in [7, 11) is 0. The fraction of sp³-hybridized carbons (Fsp3) is 1.00. The van der Waals surface area contributed by atoms with E-state index < -0.39 is 0 Å². The minimum absolute atomic E-state index is 0.451. The molecule has 0 spiro atoms. The van der Waals surface area contributed by atoms with Gasteiger partial charge in [-0.1, -0.05) is 12.8 Å². The van der Waals surface area contributed by atoms with Crippen LogP contribution < -0.4 is 11.5 Å². The van der Waals surface area contributed by atoms with Crippen LogP contribution in [0.15, 0.2) is 0 Å². The number of hydrogen-bond acceptors (Lipinski definition) is 2. The molecule has 0 bridgehead atoms. The highest BCUT2D eigenvalue weighted by Crippen LogP contribution is 2.54. The van der Waals surface area contributed by atoms with Crippen molar-refractivity contribution in [2.24, 2.45) is 28.7 Å². The molecule has 0 saturated heterocycles. The molecule has 0 aromatic heterocycles. The lowest BCUT2D eigenvalue weighted by atomic mass is 9.61. The maximum absolute atomic E-state index is 5.99. The Morgan fingerprint density at radius 2 is 1.85 bits per heavy atom. The molecule has 2 aliphatic rings. The third kappa shape index (κ3) is 1.31. The first-order chi connectivity index (χ1) is 6.33. The van der Waals surface area contributed by atoms with Crippen molar-refractivity contribution in [2.75, 3.05) is 13.1 Å². The Kier molecular flexibility index (Phi) is 2.61. The molecule has 0 aromatic rings. The van der Waals surface area contributed by atoms with Crippen LogP contribution in [0.25, 0.3) is 0 Å². The van der Waals surface area contributed by atoms with E-state index in [1.165, 1.54) is 38.5 Å². The van der Waals surface area contributed by atoms with E-state index in [1.54, 1.807) is 0 Å². The van der Waals surface area contributed by atoms with Gasteiger partial charge in [0.15, 0.2) is 0 Å². The third-order valence-electron chi connectivity index (χ3n) is 4.59. The molecular weight excluding hydrogens is 160 g/mol. The Morgan fingerprint density at radius 3 is 2.54 bits per heavy atom. The highest BCUT2D eigenvalue weighted by molar-refractivity contribution is 5.00. The van der Waals surface area contributed by atoms with Gasteiger partial charge in [0.25, 0.3) is 0 Å². The Hall–Kier alpha value is -0.0800. The molecular formula is C11H22N2. The molecule has 13 heavy (non-hydrogen) atoms. The molecule has 2 fully saturated rings. The second-order valence-corrected chi connectivity index (χ2v) is 4.89. The first-order valence-corrected chi connectivity index (χ1v) is 5.73. The van der Waals surface area contributed by atoms with Crippen LogP contribution in [0.2, 0.25) is 0 Å². The van der Waals surface area contributed by atoms with Crippen molar-refractivity contribution in [1.29, 1.82) is 0 Å². The second kappa shape index (κ2) is 3.58. The molecule has 2 rings (SSSR count). The van der Waals surface area contributed by atoms with E-state index in [1.807, 2.05) is 0 Å². The molecule has 3 unspecified atom stereocenters. The lowest BCUT2D eigenvalue weighted by molar-refractivity contribution is 0.0629. The van der Waals surface area contributed by atoms with Crippen molar-refractivity contribution >= 4 is 0 Å². The van der Waals surface area contributed by atoms with Gasteiger partial charge < -0.3 is 11.5 Å². The summed E-state index contributed by atoms with van der Waals surface area (Å²) in [6, 6.07) is 0. The molecule has 2 saturated carbocycles. The largest absolute Gasteiger partial charge is 0.330 e. The SMILES string of the molecule is NCC1CCCC2CCCC12CN. The van der Waals surface area contributed by atoms with Gasteiger partial charge >= 0.3 is 0 Å². The average molecular weight is 182 g/mol. The molecule has 2 aliphatic carbocycles. The summed E-state index contributed by atoms with van der Waals surface area (Å²) in [4.78, 5) is 0. The maximum atomic E-state index is 5.99. The third-order valence-corrected chi connectivity index (χ3v) is 4.59. The lowest BCUT2D eigenvalue weighted by Crippen LogP contribution is -2.46. The van der Waals surface area contributed by atoms with Crippen LogP contribution >= 0.6 is 0 Å². The van der Waals surface area contributed by atoms with Crippen LogP contribution in [-0.4, -0.2) is 13.1 Å². The normalized spacial score (nSPS) is 44.8. The van der Waals surface area contributed by atoms with Gasteiger partial charge in [0.1, 0.15) is 0 Å². The molecule has 0 aromatic carbocycles. The van der Waals surface area contributed by atoms with Crippen molar-refractivity contribution < 1.29 is 0 Å². The molecule has 0 aliphatic heterocycles. The van der Waals surface area contributed by atoms with Gasteiger partial charge in [-0.05, 0) is 56.0 Å². The van der Waals surface area contributed by atoms with Crippen LogP contribution in [0.5, 0.6) is 0 Å². The fourth-order valence-electron chi connectivity index (χ4n) is 3.82. The quantitative estimate of drug-likeness (QED) is 0.680. The second-order valence-electron chi connectivity index (χ2n) is 4.89. The summed E-state index contributed by atoms with van der Waals surface area (Å²) in [5, 5.41) is 0. The van der Waals surface area contributed by atoms with E-state index in [2.05, 4.69) is 0 Å². The number of fused-ring (bicyclic) bond motifs is 1. The minimum atomic E-state index is 0.451. The van der Waals surface area contributed by atoms with E-state index in [9.17, 15) is 0 Å². The Balaban J connectivity index is 2.19. The van der Waals surface area contributed by atoms with E-state index >= 15 is 0 Å². The van der Waals surface area contributed by atoms with Gasteiger partial charge in [0.05, 0.1) is 0 Å². The Morgan fingerprint density at radius 1 is 1.08 bits per heavy atom. The predicted molar refractivity (Wildman–Crippen MR) is 55.2 cm³/mol.